The van der Waals surface area contributed by atoms with Gasteiger partial charge < -0.3 is 0 Å². The van der Waals surface area contributed by atoms with Crippen LogP contribution in [0.2, 0.25) is 0 Å². The Balaban J connectivity index is 0.000000298. The Morgan fingerprint density at radius 1 is 0.603 bits per heavy atom. The van der Waals surface area contributed by atoms with Crippen LogP contribution in [0.25, 0.3) is 0 Å². The average Bonchev–Trinajstić information content (AvgIpc) is 3.35. The maximum atomic E-state index is 12.5. The molecule has 0 aliphatic rings. The van der Waals surface area contributed by atoms with Gasteiger partial charge in [0.15, 0.2) is 0 Å². The summed E-state index contributed by atoms with van der Waals surface area (Å²) in [6.07, 6.45) is 8.36. The number of aliphatic imine (C=N–C) groups is 1. The third-order valence-corrected chi connectivity index (χ3v) is 22.4. The molecule has 0 heterocycles. The van der Waals surface area contributed by atoms with Gasteiger partial charge in [-0.05, 0) is 0 Å². The van der Waals surface area contributed by atoms with Gasteiger partial charge in [-0.1, -0.05) is 0 Å². The van der Waals surface area contributed by atoms with Gasteiger partial charge in [-0.2, -0.15) is 0 Å². The minimum absolute atomic E-state index is 0. The van der Waals surface area contributed by atoms with Gasteiger partial charge in [-0.15, -0.1) is 17.0 Å². The second kappa shape index (κ2) is 28.3. The van der Waals surface area contributed by atoms with Crippen LogP contribution in [0, 0.1) is 5.92 Å². The van der Waals surface area contributed by atoms with E-state index < -0.39 is 37.9 Å². The number of nitrogens with zero attached hydrogens (tertiary/aromatic N) is 2. The fraction of sp³-hybridized carbons (Fsp3) is 0.298. The number of esters is 1. The molecule has 3 N–H and O–H groups in total. The molecule has 0 saturated heterocycles. The number of hydrogen-bond acceptors (Lipinski definition) is 6. The van der Waals surface area contributed by atoms with Crippen LogP contribution in [0.3, 0.4) is 0 Å². The van der Waals surface area contributed by atoms with Crippen molar-refractivity contribution in [3.05, 3.63) is 182 Å². The quantitative estimate of drug-likeness (QED) is 0.0235. The number of rotatable bonds is 22. The molecule has 362 valence electrons. The molecule has 0 spiro atoms. The molecule has 0 saturated carbocycles. The molecule has 1 unspecified atom stereocenters. The first-order valence-electron chi connectivity index (χ1n) is 23.6. The number of hydrogen-bond donors (Lipinski definition) is 2. The van der Waals surface area contributed by atoms with E-state index >= 15 is 0 Å². The third kappa shape index (κ3) is 15.9. The molecular weight excluding hydrogens is 947 g/mol. The number of halogens is 1. The number of carbonyl (C=O) groups excluding carboxylic acids is 3. The zero-order valence-corrected chi connectivity index (χ0v) is 44.3. The van der Waals surface area contributed by atoms with E-state index in [-0.39, 0.29) is 29.4 Å². The summed E-state index contributed by atoms with van der Waals surface area (Å²) in [5, 5.41) is 11.2. The zero-order chi connectivity index (χ0) is 48.0. The summed E-state index contributed by atoms with van der Waals surface area (Å²) in [5.41, 5.74) is 4.89. The summed E-state index contributed by atoms with van der Waals surface area (Å²) in [5.74, 6) is -2.18. The van der Waals surface area contributed by atoms with Crippen molar-refractivity contribution < 1.29 is 19.1 Å². The Kier molecular flexibility index (Phi) is 23.0. The van der Waals surface area contributed by atoms with Gasteiger partial charge in [0.1, 0.15) is 0 Å². The molecule has 11 heteroatoms. The molecule has 8 nitrogen and oxygen atoms in total. The molecule has 0 fully saturated rings. The number of amides is 2. The molecule has 0 aliphatic heterocycles. The predicted molar refractivity (Wildman–Crippen MR) is 300 cm³/mol. The van der Waals surface area contributed by atoms with Crippen molar-refractivity contribution in [3.8, 4) is 0 Å². The molecule has 0 aliphatic carbocycles. The van der Waals surface area contributed by atoms with Gasteiger partial charge in [0.2, 0.25) is 0 Å². The van der Waals surface area contributed by atoms with Crippen molar-refractivity contribution in [2.24, 2.45) is 16.6 Å². The number of unbranched alkanes of at least 4 members (excludes halogenated alkanes) is 2. The molecular formula is C57H73BrN4O4P2. The van der Waals surface area contributed by atoms with Gasteiger partial charge in [-0.25, -0.2) is 0 Å². The SMILES string of the molecule is Br.CN(CCCC[PH](c1ccccc1)(c1ccccc1)c1ccccc1)CC(C(N)=O)C(=O)OC(C)(C)C.CNC(=O)CC=NCCCC[PH](c1ccccc1)(c1ccccc1)c1ccccc1. The number of carbonyl (C=O) groups is 3. The first-order valence-corrected chi connectivity index (χ1v) is 28.0. The minimum atomic E-state index is -2.26. The topological polar surface area (TPSA) is 114 Å². The van der Waals surface area contributed by atoms with E-state index in [0.29, 0.717) is 6.42 Å². The van der Waals surface area contributed by atoms with E-state index in [1.54, 1.807) is 34.0 Å². The number of nitrogens with two attached hydrogens (primary N) is 1. The van der Waals surface area contributed by atoms with Crippen LogP contribution in [0.1, 0.15) is 52.9 Å². The Morgan fingerprint density at radius 2 is 0.941 bits per heavy atom. The molecule has 6 aromatic carbocycles. The van der Waals surface area contributed by atoms with Gasteiger partial charge >= 0.3 is 403 Å². The number of nitrogens with one attached hydrogen (secondary N) is 1. The van der Waals surface area contributed by atoms with Gasteiger partial charge in [-0.3, -0.25) is 0 Å². The fourth-order valence-corrected chi connectivity index (χ4v) is 18.8. The molecule has 1 atom stereocenters. The van der Waals surface area contributed by atoms with Crippen molar-refractivity contribution in [1.29, 1.82) is 0 Å². The summed E-state index contributed by atoms with van der Waals surface area (Å²) in [6.45, 7) is 7.14. The molecule has 68 heavy (non-hydrogen) atoms. The van der Waals surface area contributed by atoms with E-state index in [4.69, 9.17) is 10.5 Å². The molecule has 0 bridgehead atoms. The van der Waals surface area contributed by atoms with Crippen LogP contribution in [0.15, 0.2) is 187 Å². The van der Waals surface area contributed by atoms with E-state index in [1.165, 1.54) is 31.8 Å². The Morgan fingerprint density at radius 3 is 1.25 bits per heavy atom. The summed E-state index contributed by atoms with van der Waals surface area (Å²) in [7, 11) is -0.812. The van der Waals surface area contributed by atoms with E-state index in [9.17, 15) is 14.4 Å². The second-order valence-corrected chi connectivity index (χ2v) is 26.2. The molecule has 6 aromatic rings. The Bertz CT molecular complexity index is 2210. The van der Waals surface area contributed by atoms with E-state index in [1.807, 2.05) is 11.9 Å². The average molecular weight is 1020 g/mol. The van der Waals surface area contributed by atoms with Crippen molar-refractivity contribution in [2.45, 2.75) is 58.5 Å². The standard InChI is InChI=1S/C31H41N2O3P.C26H31N2OP.BrH/c1-31(2,3)36-30(35)28(29(32)34)24-33(4)22-14-15-23-37(25-16-8-5-9-17-25,26-18-10-6-11-19-26)27-20-12-7-13-21-27;1-27-26(29)19-21-28-20-11-12-22-30(23-13-5-2-6-14-23,24-15-7-3-8-16-24)25-17-9-4-10-18-25;/h5-13,16-21,28,37H,14-15,22-24H2,1-4H3,(H2,32,34);2-10,13-18,21,30H,11-12,19-20,22H2,1H3,(H,27,29);1H. The molecule has 6 rings (SSSR count). The Hall–Kier alpha value is -5.30. The Labute approximate surface area is 417 Å². The fourth-order valence-electron chi connectivity index (χ4n) is 8.96. The van der Waals surface area contributed by atoms with Crippen molar-refractivity contribution >= 4 is 87.3 Å². The first kappa shape index (κ1) is 55.3. The number of primary amides is 1. The molecule has 0 radical (unpaired) electrons. The van der Waals surface area contributed by atoms with Crippen LogP contribution in [0.5, 0.6) is 0 Å². The maximum absolute atomic E-state index is 12.5. The van der Waals surface area contributed by atoms with E-state index in [2.05, 4.69) is 192 Å². The van der Waals surface area contributed by atoms with Crippen LogP contribution in [-0.2, 0) is 19.1 Å². The summed E-state index contributed by atoms with van der Waals surface area (Å²) in [4.78, 5) is 42.3. The van der Waals surface area contributed by atoms with Crippen LogP contribution < -0.4 is 42.9 Å². The second-order valence-electron chi connectivity index (χ2n) is 18.1. The molecule has 2 amide bonds. The van der Waals surface area contributed by atoms with Crippen molar-refractivity contribution in [2.75, 3.05) is 46.1 Å². The number of benzene rings is 6. The normalized spacial score (nSPS) is 12.5. The summed E-state index contributed by atoms with van der Waals surface area (Å²) >= 11 is 0. The van der Waals surface area contributed by atoms with Crippen molar-refractivity contribution in [3.63, 3.8) is 0 Å². The van der Waals surface area contributed by atoms with Crippen LogP contribution >= 0.6 is 31.5 Å². The first-order chi connectivity index (χ1) is 32.4. The van der Waals surface area contributed by atoms with Crippen LogP contribution in [-0.4, -0.2) is 80.6 Å². The van der Waals surface area contributed by atoms with E-state index in [0.717, 1.165) is 51.1 Å². The monoisotopic (exact) mass is 1020 g/mol. The zero-order valence-electron chi connectivity index (χ0n) is 40.6. The van der Waals surface area contributed by atoms with Crippen molar-refractivity contribution in [1.82, 2.24) is 10.2 Å². The third-order valence-electron chi connectivity index (χ3n) is 12.2. The van der Waals surface area contributed by atoms with Gasteiger partial charge in [0, 0.05) is 0 Å². The predicted octanol–water partition coefficient (Wildman–Crippen LogP) is 8.15. The molecule has 0 aromatic heterocycles. The van der Waals surface area contributed by atoms with Crippen LogP contribution in [0.4, 0.5) is 0 Å². The summed E-state index contributed by atoms with van der Waals surface area (Å²) < 4.78 is 5.42. The van der Waals surface area contributed by atoms with Gasteiger partial charge in [0.25, 0.3) is 0 Å². The number of ether oxygens (including phenoxy) is 1. The summed E-state index contributed by atoms with van der Waals surface area (Å²) in [6, 6.07) is 65.7. The van der Waals surface area contributed by atoms with Gasteiger partial charge in [0.05, 0.1) is 0 Å².